The van der Waals surface area contributed by atoms with Gasteiger partial charge in [-0.25, -0.2) is 13.8 Å². The summed E-state index contributed by atoms with van der Waals surface area (Å²) in [4.78, 5) is 19.0. The summed E-state index contributed by atoms with van der Waals surface area (Å²) < 4.78 is 33.9. The summed E-state index contributed by atoms with van der Waals surface area (Å²) >= 11 is 0. The van der Waals surface area contributed by atoms with Gasteiger partial charge in [0, 0.05) is 32.3 Å². The molecular formula is C19H25F2N3O3. The average Bonchev–Trinajstić information content (AvgIpc) is 2.98. The van der Waals surface area contributed by atoms with Crippen molar-refractivity contribution in [3.63, 3.8) is 0 Å². The summed E-state index contributed by atoms with van der Waals surface area (Å²) in [6.07, 6.45) is 2.32. The summed E-state index contributed by atoms with van der Waals surface area (Å²) in [7, 11) is 1.54. The van der Waals surface area contributed by atoms with Gasteiger partial charge in [0.2, 0.25) is 5.91 Å². The van der Waals surface area contributed by atoms with E-state index in [0.29, 0.717) is 37.0 Å². The summed E-state index contributed by atoms with van der Waals surface area (Å²) in [5, 5.41) is 10.4. The number of nitrogens with zero attached hydrogens (tertiary/aromatic N) is 3. The number of likely N-dealkylation sites (tertiary alicyclic amines) is 1. The van der Waals surface area contributed by atoms with E-state index in [1.54, 1.807) is 9.47 Å². The third-order valence-electron chi connectivity index (χ3n) is 5.22. The fraction of sp³-hybridized carbons (Fsp3) is 0.579. The minimum Gasteiger partial charge on any atom is -0.387 e. The number of amides is 1. The number of hydrogen-bond acceptors (Lipinski definition) is 4. The van der Waals surface area contributed by atoms with Crippen LogP contribution < -0.4 is 0 Å². The molecule has 0 aliphatic carbocycles. The first-order valence-electron chi connectivity index (χ1n) is 9.07. The fourth-order valence-corrected chi connectivity index (χ4v) is 3.71. The van der Waals surface area contributed by atoms with E-state index < -0.39 is 23.3 Å². The van der Waals surface area contributed by atoms with Crippen LogP contribution in [0.4, 0.5) is 8.78 Å². The maximum Gasteiger partial charge on any atom is 0.245 e. The number of aliphatic hydroxyl groups is 1. The zero-order chi connectivity index (χ0) is 19.8. The van der Waals surface area contributed by atoms with E-state index in [9.17, 15) is 18.7 Å². The first-order chi connectivity index (χ1) is 12.8. The minimum absolute atomic E-state index is 0.0807. The molecule has 2 heterocycles. The molecule has 0 saturated carbocycles. The smallest absolute Gasteiger partial charge is 0.245 e. The van der Waals surface area contributed by atoms with Crippen molar-refractivity contribution in [1.29, 1.82) is 0 Å². The summed E-state index contributed by atoms with van der Waals surface area (Å²) in [5.74, 6) is -2.13. The molecule has 0 radical (unpaired) electrons. The van der Waals surface area contributed by atoms with Crippen molar-refractivity contribution in [3.8, 4) is 0 Å². The highest BCUT2D eigenvalue weighted by molar-refractivity contribution is 5.84. The van der Waals surface area contributed by atoms with Gasteiger partial charge >= 0.3 is 0 Å². The van der Waals surface area contributed by atoms with Gasteiger partial charge < -0.3 is 19.3 Å². The molecule has 1 amide bonds. The van der Waals surface area contributed by atoms with Crippen LogP contribution in [0.2, 0.25) is 0 Å². The second-order valence-electron chi connectivity index (χ2n) is 7.58. The molecule has 1 aromatic carbocycles. The van der Waals surface area contributed by atoms with Crippen molar-refractivity contribution in [1.82, 2.24) is 14.5 Å². The van der Waals surface area contributed by atoms with Gasteiger partial charge in [0.25, 0.3) is 0 Å². The highest BCUT2D eigenvalue weighted by Gasteiger charge is 2.37. The Bertz CT molecular complexity index is 829. The number of aromatic nitrogens is 2. The van der Waals surface area contributed by atoms with Gasteiger partial charge in [0.1, 0.15) is 6.04 Å². The van der Waals surface area contributed by atoms with Gasteiger partial charge in [-0.2, -0.15) is 0 Å². The number of fused-ring (bicyclic) bond motifs is 1. The summed E-state index contributed by atoms with van der Waals surface area (Å²) in [5.41, 5.74) is -0.226. The van der Waals surface area contributed by atoms with E-state index in [0.717, 1.165) is 12.1 Å². The molecule has 27 heavy (non-hydrogen) atoms. The normalized spacial score (nSPS) is 18.3. The minimum atomic E-state index is -0.971. The van der Waals surface area contributed by atoms with E-state index in [2.05, 4.69) is 4.98 Å². The lowest BCUT2D eigenvalue weighted by atomic mass is 9.91. The van der Waals surface area contributed by atoms with Crippen molar-refractivity contribution in [2.45, 2.75) is 38.3 Å². The van der Waals surface area contributed by atoms with Gasteiger partial charge in [-0.1, -0.05) is 13.8 Å². The van der Waals surface area contributed by atoms with Crippen LogP contribution in [-0.4, -0.2) is 57.9 Å². The molecule has 1 unspecified atom stereocenters. The van der Waals surface area contributed by atoms with Gasteiger partial charge in [-0.15, -0.1) is 0 Å². The molecule has 1 aliphatic heterocycles. The predicted octanol–water partition coefficient (Wildman–Crippen LogP) is 2.51. The lowest BCUT2D eigenvalue weighted by molar-refractivity contribution is -0.142. The van der Waals surface area contributed by atoms with Crippen LogP contribution in [0.1, 0.15) is 32.7 Å². The maximum atomic E-state index is 13.7. The molecule has 1 fully saturated rings. The second kappa shape index (κ2) is 7.52. The largest absolute Gasteiger partial charge is 0.387 e. The van der Waals surface area contributed by atoms with Crippen molar-refractivity contribution >= 4 is 16.9 Å². The molecule has 1 aliphatic rings. The molecule has 0 spiro atoms. The molecule has 8 heteroatoms. The Kier molecular flexibility index (Phi) is 5.48. The van der Waals surface area contributed by atoms with Gasteiger partial charge in [0.15, 0.2) is 11.6 Å². The molecule has 6 nitrogen and oxygen atoms in total. The molecular weight excluding hydrogens is 356 g/mol. The number of methoxy groups -OCH3 is 1. The molecule has 1 saturated heterocycles. The topological polar surface area (TPSA) is 67.6 Å². The molecule has 1 N–H and O–H groups in total. The average molecular weight is 381 g/mol. The van der Waals surface area contributed by atoms with Crippen LogP contribution in [0.15, 0.2) is 18.5 Å². The third-order valence-corrected chi connectivity index (χ3v) is 5.22. The second-order valence-corrected chi connectivity index (χ2v) is 7.58. The first kappa shape index (κ1) is 19.7. The van der Waals surface area contributed by atoms with E-state index in [1.807, 2.05) is 13.8 Å². The number of imidazole rings is 1. The van der Waals surface area contributed by atoms with E-state index in [-0.39, 0.29) is 18.4 Å². The van der Waals surface area contributed by atoms with Crippen LogP contribution >= 0.6 is 0 Å². The highest BCUT2D eigenvalue weighted by atomic mass is 19.2. The van der Waals surface area contributed by atoms with Crippen LogP contribution in [0.3, 0.4) is 0 Å². The summed E-state index contributed by atoms with van der Waals surface area (Å²) in [6.45, 7) is 4.87. The number of piperidine rings is 1. The number of benzene rings is 1. The molecule has 148 valence electrons. The number of halogens is 2. The zero-order valence-corrected chi connectivity index (χ0v) is 15.8. The Morgan fingerprint density at radius 3 is 2.52 bits per heavy atom. The van der Waals surface area contributed by atoms with Crippen LogP contribution in [-0.2, 0) is 9.53 Å². The van der Waals surface area contributed by atoms with Gasteiger partial charge in [0.05, 0.1) is 29.6 Å². The third kappa shape index (κ3) is 3.82. The van der Waals surface area contributed by atoms with Crippen LogP contribution in [0.25, 0.3) is 11.0 Å². The Hall–Kier alpha value is -2.06. The lowest BCUT2D eigenvalue weighted by Crippen LogP contribution is -2.50. The van der Waals surface area contributed by atoms with Crippen molar-refractivity contribution in [2.24, 2.45) is 5.92 Å². The van der Waals surface area contributed by atoms with Crippen LogP contribution in [0.5, 0.6) is 0 Å². The number of hydrogen-bond donors (Lipinski definition) is 1. The van der Waals surface area contributed by atoms with Crippen molar-refractivity contribution in [3.05, 3.63) is 30.1 Å². The molecule has 3 rings (SSSR count). The predicted molar refractivity (Wildman–Crippen MR) is 96.2 cm³/mol. The molecule has 1 aromatic heterocycles. The standard InChI is InChI=1S/C19H25F2N3O3/c1-12(2)17(18(25)23-6-4-19(26,5-7-23)10-27-3)24-11-22-15-8-13(20)14(21)9-16(15)24/h8-9,11-12,17,26H,4-7,10H2,1-3H3. The maximum absolute atomic E-state index is 13.7. The van der Waals surface area contributed by atoms with Crippen LogP contribution in [0, 0.1) is 17.6 Å². The number of rotatable bonds is 5. The van der Waals surface area contributed by atoms with E-state index in [4.69, 9.17) is 4.74 Å². The Morgan fingerprint density at radius 1 is 1.30 bits per heavy atom. The Balaban J connectivity index is 1.87. The van der Waals surface area contributed by atoms with Crippen molar-refractivity contribution < 1.29 is 23.4 Å². The summed E-state index contributed by atoms with van der Waals surface area (Å²) in [6, 6.07) is 1.52. The van der Waals surface area contributed by atoms with E-state index >= 15 is 0 Å². The number of ether oxygens (including phenoxy) is 1. The van der Waals surface area contributed by atoms with Gasteiger partial charge in [-0.3, -0.25) is 4.79 Å². The number of carbonyl (C=O) groups excluding carboxylic acids is 1. The monoisotopic (exact) mass is 381 g/mol. The molecule has 0 bridgehead atoms. The molecule has 2 aromatic rings. The zero-order valence-electron chi connectivity index (χ0n) is 15.8. The SMILES string of the molecule is COCC1(O)CCN(C(=O)C(C(C)C)n2cnc3cc(F)c(F)cc32)CC1. The van der Waals surface area contributed by atoms with Gasteiger partial charge in [-0.05, 0) is 18.8 Å². The number of carbonyl (C=O) groups is 1. The van der Waals surface area contributed by atoms with E-state index in [1.165, 1.54) is 13.4 Å². The highest BCUT2D eigenvalue weighted by Crippen LogP contribution is 2.30. The quantitative estimate of drug-likeness (QED) is 0.864. The molecule has 1 atom stereocenters. The Morgan fingerprint density at radius 2 is 1.93 bits per heavy atom. The fourth-order valence-electron chi connectivity index (χ4n) is 3.71. The Labute approximate surface area is 156 Å². The lowest BCUT2D eigenvalue weighted by Gasteiger charge is -2.39. The first-order valence-corrected chi connectivity index (χ1v) is 9.07. The van der Waals surface area contributed by atoms with Crippen molar-refractivity contribution in [2.75, 3.05) is 26.8 Å².